The van der Waals surface area contributed by atoms with Crippen molar-refractivity contribution >= 4 is 17.0 Å². The number of alkyl halides is 1. The number of nitrogens with one attached hydrogen (secondary N) is 1. The molecule has 7 heteroatoms. The molecule has 0 aliphatic carbocycles. The SMILES string of the molecule is O=C(CCN1CCC(C(F)c2ccccc2)CC1)Nn1c(=O)oc2ccccc21. The van der Waals surface area contributed by atoms with Gasteiger partial charge in [-0.15, -0.1) is 0 Å². The van der Waals surface area contributed by atoms with Crippen LogP contribution >= 0.6 is 0 Å². The zero-order valence-electron chi connectivity index (χ0n) is 16.1. The molecule has 0 radical (unpaired) electrons. The van der Waals surface area contributed by atoms with Gasteiger partial charge >= 0.3 is 5.76 Å². The minimum absolute atomic E-state index is 0.0124. The van der Waals surface area contributed by atoms with Gasteiger partial charge in [-0.2, -0.15) is 4.68 Å². The molecule has 3 aromatic rings. The van der Waals surface area contributed by atoms with Gasteiger partial charge in [-0.25, -0.2) is 9.18 Å². The molecule has 1 atom stereocenters. The first-order chi connectivity index (χ1) is 14.1. The van der Waals surface area contributed by atoms with Gasteiger partial charge in [-0.3, -0.25) is 10.2 Å². The van der Waals surface area contributed by atoms with Crippen molar-refractivity contribution in [3.63, 3.8) is 0 Å². The normalized spacial score (nSPS) is 16.7. The third-order valence-electron chi connectivity index (χ3n) is 5.54. The number of amides is 1. The summed E-state index contributed by atoms with van der Waals surface area (Å²) in [5.41, 5.74) is 4.30. The van der Waals surface area contributed by atoms with E-state index in [2.05, 4.69) is 10.3 Å². The van der Waals surface area contributed by atoms with Gasteiger partial charge < -0.3 is 9.32 Å². The van der Waals surface area contributed by atoms with E-state index in [-0.39, 0.29) is 18.2 Å². The largest absolute Gasteiger partial charge is 0.439 e. The van der Waals surface area contributed by atoms with Crippen molar-refractivity contribution in [1.82, 2.24) is 9.58 Å². The molecule has 1 aliphatic heterocycles. The van der Waals surface area contributed by atoms with Gasteiger partial charge in [-0.05, 0) is 49.5 Å². The van der Waals surface area contributed by atoms with Crippen LogP contribution < -0.4 is 11.2 Å². The lowest BCUT2D eigenvalue weighted by Crippen LogP contribution is -2.38. The van der Waals surface area contributed by atoms with Crippen molar-refractivity contribution in [1.29, 1.82) is 0 Å². The van der Waals surface area contributed by atoms with Crippen molar-refractivity contribution in [3.8, 4) is 0 Å². The Balaban J connectivity index is 1.26. The number of aromatic nitrogens is 1. The Labute approximate surface area is 167 Å². The van der Waals surface area contributed by atoms with Crippen LogP contribution in [0.25, 0.3) is 11.1 Å². The molecule has 152 valence electrons. The van der Waals surface area contributed by atoms with E-state index in [0.717, 1.165) is 36.2 Å². The van der Waals surface area contributed by atoms with Gasteiger partial charge in [-0.1, -0.05) is 42.5 Å². The van der Waals surface area contributed by atoms with Crippen molar-refractivity contribution < 1.29 is 13.6 Å². The first-order valence-electron chi connectivity index (χ1n) is 9.93. The summed E-state index contributed by atoms with van der Waals surface area (Å²) in [7, 11) is 0. The number of likely N-dealkylation sites (tertiary alicyclic amines) is 1. The highest BCUT2D eigenvalue weighted by atomic mass is 19.1. The summed E-state index contributed by atoms with van der Waals surface area (Å²) in [6, 6.07) is 16.2. The van der Waals surface area contributed by atoms with Gasteiger partial charge in [0.1, 0.15) is 11.7 Å². The standard InChI is InChI=1S/C22H24FN3O3/c23-21(16-6-2-1-3-7-16)17-10-13-25(14-11-17)15-12-20(27)24-26-18-8-4-5-9-19(18)29-22(26)28/h1-9,17,21H,10-15H2,(H,24,27). The number of carbonyl (C=O) groups is 1. The number of halogens is 1. The van der Waals surface area contributed by atoms with Gasteiger partial charge in [0.25, 0.3) is 0 Å². The molecule has 1 saturated heterocycles. The maximum atomic E-state index is 14.7. The van der Waals surface area contributed by atoms with E-state index in [4.69, 9.17) is 4.42 Å². The molecule has 6 nitrogen and oxygen atoms in total. The smallest absolute Gasteiger partial charge is 0.406 e. The average molecular weight is 397 g/mol. The van der Waals surface area contributed by atoms with Crippen molar-refractivity contribution in [2.75, 3.05) is 25.1 Å². The van der Waals surface area contributed by atoms with Crippen LogP contribution in [-0.2, 0) is 4.79 Å². The second kappa shape index (κ2) is 8.61. The van der Waals surface area contributed by atoms with Crippen LogP contribution in [0.2, 0.25) is 0 Å². The van der Waals surface area contributed by atoms with E-state index in [1.807, 2.05) is 30.3 Å². The number of rotatable bonds is 6. The lowest BCUT2D eigenvalue weighted by Gasteiger charge is -2.33. The first-order valence-corrected chi connectivity index (χ1v) is 9.93. The van der Waals surface area contributed by atoms with E-state index in [0.29, 0.717) is 17.6 Å². The van der Waals surface area contributed by atoms with E-state index in [1.54, 1.807) is 24.3 Å². The van der Waals surface area contributed by atoms with E-state index in [1.165, 1.54) is 0 Å². The molecule has 1 amide bonds. The molecule has 1 N–H and O–H groups in total. The third kappa shape index (κ3) is 4.40. The van der Waals surface area contributed by atoms with Crippen molar-refractivity contribution in [2.45, 2.75) is 25.4 Å². The molecule has 1 aromatic heterocycles. The number of piperidine rings is 1. The predicted octanol–water partition coefficient (Wildman–Crippen LogP) is 3.48. The van der Waals surface area contributed by atoms with E-state index in [9.17, 15) is 14.0 Å². The van der Waals surface area contributed by atoms with Crippen LogP contribution in [0.4, 0.5) is 4.39 Å². The third-order valence-corrected chi connectivity index (χ3v) is 5.54. The van der Waals surface area contributed by atoms with E-state index < -0.39 is 11.9 Å². The Hall–Kier alpha value is -2.93. The lowest BCUT2D eigenvalue weighted by molar-refractivity contribution is -0.117. The Morgan fingerprint density at radius 3 is 2.55 bits per heavy atom. The number of oxazole rings is 1. The maximum Gasteiger partial charge on any atom is 0.439 e. The minimum atomic E-state index is -0.942. The lowest BCUT2D eigenvalue weighted by atomic mass is 9.88. The Morgan fingerprint density at radius 1 is 1.10 bits per heavy atom. The number of fused-ring (bicyclic) bond motifs is 1. The van der Waals surface area contributed by atoms with Crippen molar-refractivity contribution in [2.24, 2.45) is 5.92 Å². The molecule has 1 aliphatic rings. The zero-order valence-corrected chi connectivity index (χ0v) is 16.1. The number of hydrogen-bond acceptors (Lipinski definition) is 4. The molecular formula is C22H24FN3O3. The zero-order chi connectivity index (χ0) is 20.2. The Bertz CT molecular complexity index is 1020. The molecule has 1 fully saturated rings. The Morgan fingerprint density at radius 2 is 1.79 bits per heavy atom. The van der Waals surface area contributed by atoms with Crippen LogP contribution in [0.1, 0.15) is 31.0 Å². The number of nitrogens with zero attached hydrogens (tertiary/aromatic N) is 2. The minimum Gasteiger partial charge on any atom is -0.406 e. The molecule has 0 spiro atoms. The predicted molar refractivity (Wildman–Crippen MR) is 109 cm³/mol. The second-order valence-corrected chi connectivity index (χ2v) is 7.45. The molecule has 0 saturated carbocycles. The van der Waals surface area contributed by atoms with Crippen LogP contribution in [-0.4, -0.2) is 35.1 Å². The topological polar surface area (TPSA) is 67.5 Å². The highest BCUT2D eigenvalue weighted by Crippen LogP contribution is 2.33. The van der Waals surface area contributed by atoms with Crippen LogP contribution in [0, 0.1) is 5.92 Å². The molecule has 1 unspecified atom stereocenters. The number of hydrogen-bond donors (Lipinski definition) is 1. The highest BCUT2D eigenvalue weighted by Gasteiger charge is 2.27. The quantitative estimate of drug-likeness (QED) is 0.692. The Kier molecular flexibility index (Phi) is 5.76. The van der Waals surface area contributed by atoms with Crippen LogP contribution in [0.15, 0.2) is 63.8 Å². The molecule has 4 rings (SSSR count). The maximum absolute atomic E-state index is 14.7. The fourth-order valence-electron chi connectivity index (χ4n) is 3.89. The summed E-state index contributed by atoms with van der Waals surface area (Å²) in [5.74, 6) is -0.859. The van der Waals surface area contributed by atoms with Crippen molar-refractivity contribution in [3.05, 3.63) is 70.7 Å². The molecule has 2 heterocycles. The number of para-hydroxylation sites is 2. The fraction of sp³-hybridized carbons (Fsp3) is 0.364. The van der Waals surface area contributed by atoms with E-state index >= 15 is 0 Å². The molecule has 29 heavy (non-hydrogen) atoms. The average Bonchev–Trinajstić information content (AvgIpc) is 3.08. The second-order valence-electron chi connectivity index (χ2n) is 7.45. The summed E-state index contributed by atoms with van der Waals surface area (Å²) < 4.78 is 21.0. The number of benzene rings is 2. The van der Waals surface area contributed by atoms with Gasteiger partial charge in [0, 0.05) is 13.0 Å². The molecular weight excluding hydrogens is 373 g/mol. The summed E-state index contributed by atoms with van der Waals surface area (Å²) in [6.45, 7) is 2.10. The fourth-order valence-corrected chi connectivity index (χ4v) is 3.89. The summed E-state index contributed by atoms with van der Waals surface area (Å²) in [4.78, 5) is 26.4. The van der Waals surface area contributed by atoms with Crippen LogP contribution in [0.5, 0.6) is 0 Å². The molecule has 2 aromatic carbocycles. The monoisotopic (exact) mass is 397 g/mol. The van der Waals surface area contributed by atoms with Gasteiger partial charge in [0.15, 0.2) is 5.58 Å². The van der Waals surface area contributed by atoms with Crippen LogP contribution in [0.3, 0.4) is 0 Å². The number of carbonyl (C=O) groups excluding carboxylic acids is 1. The van der Waals surface area contributed by atoms with Gasteiger partial charge in [0.05, 0.1) is 0 Å². The molecule has 0 bridgehead atoms. The summed E-state index contributed by atoms with van der Waals surface area (Å²) in [5, 5.41) is 0. The van der Waals surface area contributed by atoms with Gasteiger partial charge in [0.2, 0.25) is 5.91 Å². The highest BCUT2D eigenvalue weighted by molar-refractivity contribution is 5.86. The summed E-state index contributed by atoms with van der Waals surface area (Å²) in [6.07, 6.45) is 0.851. The summed E-state index contributed by atoms with van der Waals surface area (Å²) >= 11 is 0. The first kappa shape index (κ1) is 19.4.